The van der Waals surface area contributed by atoms with E-state index >= 15 is 0 Å². The summed E-state index contributed by atoms with van der Waals surface area (Å²) in [4.78, 5) is 31.0. The fourth-order valence-electron chi connectivity index (χ4n) is 5.59. The van der Waals surface area contributed by atoms with E-state index < -0.39 is 0 Å². The molecule has 0 aliphatic carbocycles. The van der Waals surface area contributed by atoms with Crippen molar-refractivity contribution in [1.29, 1.82) is 0 Å². The van der Waals surface area contributed by atoms with Crippen LogP contribution in [0.4, 0.5) is 0 Å². The minimum absolute atomic E-state index is 0.0251. The van der Waals surface area contributed by atoms with Crippen LogP contribution in [0.25, 0.3) is 0 Å². The van der Waals surface area contributed by atoms with Crippen LogP contribution in [-0.4, -0.2) is 109 Å². The molecule has 3 heterocycles. The minimum Gasteiger partial charge on any atom is -0.286 e. The molecular weight excluding hydrogens is 352 g/mol. The number of amides is 2. The molecule has 3 rings (SSSR count). The molecule has 2 unspecified atom stereocenters. The van der Waals surface area contributed by atoms with Gasteiger partial charge in [-0.05, 0) is 52.4 Å². The Morgan fingerprint density at radius 1 is 0.607 bits per heavy atom. The molecule has 2 amide bonds. The van der Waals surface area contributed by atoms with Crippen molar-refractivity contribution >= 4 is 11.8 Å². The van der Waals surface area contributed by atoms with Crippen LogP contribution in [0.1, 0.15) is 52.4 Å². The van der Waals surface area contributed by atoms with E-state index in [1.807, 2.05) is 0 Å². The highest BCUT2D eigenvalue weighted by Crippen LogP contribution is 2.22. The molecule has 3 aliphatic heterocycles. The lowest BCUT2D eigenvalue weighted by Gasteiger charge is -2.44. The van der Waals surface area contributed by atoms with Crippen molar-refractivity contribution in [2.24, 2.45) is 0 Å². The zero-order valence-corrected chi connectivity index (χ0v) is 18.7. The van der Waals surface area contributed by atoms with Crippen molar-refractivity contribution in [2.45, 2.75) is 64.5 Å². The van der Waals surface area contributed by atoms with E-state index in [2.05, 4.69) is 37.7 Å². The van der Waals surface area contributed by atoms with E-state index in [9.17, 15) is 9.59 Å². The van der Waals surface area contributed by atoms with Crippen molar-refractivity contribution in [1.82, 2.24) is 9.80 Å². The maximum Gasteiger partial charge on any atom is 0.330 e. The molecule has 3 aliphatic rings. The maximum absolute atomic E-state index is 13.2. The molecular formula is C22H42N4O2+2. The fourth-order valence-corrected chi connectivity index (χ4v) is 5.59. The van der Waals surface area contributed by atoms with Gasteiger partial charge in [-0.25, -0.2) is 9.59 Å². The number of nitrogens with zero attached hydrogens (tertiary/aromatic N) is 4. The average Bonchev–Trinajstić information content (AvgIpc) is 2.73. The summed E-state index contributed by atoms with van der Waals surface area (Å²) in [7, 11) is 4.25. The second-order valence-electron chi connectivity index (χ2n) is 9.91. The number of piperazine rings is 1. The number of likely N-dealkylation sites (N-methyl/N-ethyl adjacent to an activating group) is 2. The number of carbonyl (C=O) groups is 2. The Kier molecular flexibility index (Phi) is 6.96. The van der Waals surface area contributed by atoms with Crippen molar-refractivity contribution in [3.8, 4) is 0 Å². The zero-order valence-electron chi connectivity index (χ0n) is 18.7. The number of hydrogen-bond acceptors (Lipinski definition) is 4. The molecule has 28 heavy (non-hydrogen) atoms. The van der Waals surface area contributed by atoms with Crippen LogP contribution in [0, 0.1) is 0 Å². The SMILES string of the molecule is CC(C(=O)[N+]1(C)CCCCC1)N1CCN(C(C)C(=O)[N+]2(C)CCCCC2)CC1. The van der Waals surface area contributed by atoms with Gasteiger partial charge in [0.05, 0.1) is 40.3 Å². The van der Waals surface area contributed by atoms with Gasteiger partial charge in [0.2, 0.25) is 0 Å². The topological polar surface area (TPSA) is 40.6 Å². The fraction of sp³-hybridized carbons (Fsp3) is 0.909. The van der Waals surface area contributed by atoms with Crippen LogP contribution < -0.4 is 0 Å². The largest absolute Gasteiger partial charge is 0.330 e. The van der Waals surface area contributed by atoms with E-state index in [0.717, 1.165) is 52.4 Å². The lowest BCUT2D eigenvalue weighted by molar-refractivity contribution is -0.841. The number of carbonyl (C=O) groups excluding carboxylic acids is 2. The summed E-state index contributed by atoms with van der Waals surface area (Å²) in [5.74, 6) is 0.757. The van der Waals surface area contributed by atoms with Crippen LogP contribution >= 0.6 is 0 Å². The molecule has 160 valence electrons. The second-order valence-corrected chi connectivity index (χ2v) is 9.91. The Bertz CT molecular complexity index is 509. The third-order valence-electron chi connectivity index (χ3n) is 7.83. The van der Waals surface area contributed by atoms with E-state index in [-0.39, 0.29) is 12.1 Å². The van der Waals surface area contributed by atoms with E-state index in [0.29, 0.717) is 20.8 Å². The number of hydrogen-bond donors (Lipinski definition) is 0. The van der Waals surface area contributed by atoms with Crippen molar-refractivity contribution in [2.75, 3.05) is 66.5 Å². The van der Waals surface area contributed by atoms with Crippen LogP contribution in [0.3, 0.4) is 0 Å². The summed E-state index contributed by atoms with van der Waals surface area (Å²) >= 11 is 0. The molecule has 0 radical (unpaired) electrons. The summed E-state index contributed by atoms with van der Waals surface area (Å²) in [5.41, 5.74) is 0. The molecule has 0 spiro atoms. The second kappa shape index (κ2) is 8.90. The highest BCUT2D eigenvalue weighted by atomic mass is 16.2. The smallest absolute Gasteiger partial charge is 0.286 e. The maximum atomic E-state index is 13.2. The monoisotopic (exact) mass is 394 g/mol. The van der Waals surface area contributed by atoms with E-state index in [1.54, 1.807) is 0 Å². The standard InChI is InChI=1S/C22H42N4O2/c1-19(21(27)25(3)15-7-5-8-16-25)23-11-13-24(14-12-23)20(2)22(28)26(4)17-9-6-10-18-26/h19-20H,5-18H2,1-4H3/q+2. The van der Waals surface area contributed by atoms with Gasteiger partial charge in [0.25, 0.3) is 0 Å². The van der Waals surface area contributed by atoms with Gasteiger partial charge < -0.3 is 0 Å². The van der Waals surface area contributed by atoms with Gasteiger partial charge in [-0.3, -0.25) is 18.8 Å². The first kappa shape index (κ1) is 21.9. The molecule has 3 fully saturated rings. The third kappa shape index (κ3) is 4.50. The average molecular weight is 395 g/mol. The molecule has 0 saturated carbocycles. The van der Waals surface area contributed by atoms with E-state index in [4.69, 9.17) is 0 Å². The zero-order chi connectivity index (χ0) is 20.4. The molecule has 0 aromatic carbocycles. The molecule has 0 N–H and O–H groups in total. The first-order valence-corrected chi connectivity index (χ1v) is 11.5. The van der Waals surface area contributed by atoms with Crippen LogP contribution in [-0.2, 0) is 9.59 Å². The van der Waals surface area contributed by atoms with Gasteiger partial charge in [0.15, 0.2) is 0 Å². The van der Waals surface area contributed by atoms with Crippen LogP contribution in [0.5, 0.6) is 0 Å². The summed E-state index contributed by atoms with van der Waals surface area (Å²) in [5, 5.41) is 0. The minimum atomic E-state index is -0.0251. The Morgan fingerprint density at radius 2 is 0.893 bits per heavy atom. The number of rotatable bonds is 4. The Balaban J connectivity index is 1.53. The van der Waals surface area contributed by atoms with Crippen LogP contribution in [0.15, 0.2) is 0 Å². The molecule has 6 nitrogen and oxygen atoms in total. The lowest BCUT2D eigenvalue weighted by atomic mass is 10.0. The van der Waals surface area contributed by atoms with Crippen molar-refractivity contribution < 1.29 is 18.6 Å². The van der Waals surface area contributed by atoms with Crippen molar-refractivity contribution in [3.63, 3.8) is 0 Å². The van der Waals surface area contributed by atoms with Crippen LogP contribution in [0.2, 0.25) is 0 Å². The molecule has 0 aromatic heterocycles. The summed E-state index contributed by atoms with van der Waals surface area (Å²) in [6, 6.07) is -0.0502. The highest BCUT2D eigenvalue weighted by molar-refractivity contribution is 5.75. The molecule has 6 heteroatoms. The normalized spacial score (nSPS) is 28.4. The lowest BCUT2D eigenvalue weighted by Crippen LogP contribution is -2.64. The first-order valence-electron chi connectivity index (χ1n) is 11.5. The predicted molar refractivity (Wildman–Crippen MR) is 112 cm³/mol. The van der Waals surface area contributed by atoms with Gasteiger partial charge in [-0.15, -0.1) is 0 Å². The van der Waals surface area contributed by atoms with Gasteiger partial charge in [0.1, 0.15) is 12.1 Å². The number of likely N-dealkylation sites (tertiary alicyclic amines) is 2. The Hall–Kier alpha value is -0.820. The molecule has 3 saturated heterocycles. The Labute approximate surface area is 171 Å². The summed E-state index contributed by atoms with van der Waals surface area (Å²) < 4.78 is 1.21. The van der Waals surface area contributed by atoms with Gasteiger partial charge in [-0.1, -0.05) is 0 Å². The predicted octanol–water partition coefficient (Wildman–Crippen LogP) is 1.70. The van der Waals surface area contributed by atoms with Crippen molar-refractivity contribution in [3.05, 3.63) is 0 Å². The van der Waals surface area contributed by atoms with E-state index in [1.165, 1.54) is 38.5 Å². The van der Waals surface area contributed by atoms with Gasteiger partial charge >= 0.3 is 11.8 Å². The Morgan fingerprint density at radius 3 is 1.18 bits per heavy atom. The summed E-state index contributed by atoms with van der Waals surface area (Å²) in [6.45, 7) is 11.7. The summed E-state index contributed by atoms with van der Waals surface area (Å²) in [6.07, 6.45) is 7.19. The first-order chi connectivity index (χ1) is 13.3. The molecule has 0 bridgehead atoms. The quantitative estimate of drug-likeness (QED) is 0.681. The van der Waals surface area contributed by atoms with Gasteiger partial charge in [0, 0.05) is 26.2 Å². The molecule has 0 aromatic rings. The van der Waals surface area contributed by atoms with Gasteiger partial charge in [-0.2, -0.15) is 0 Å². The number of piperidine rings is 2. The third-order valence-corrected chi connectivity index (χ3v) is 7.83. The number of quaternary nitrogens is 2. The highest BCUT2D eigenvalue weighted by Gasteiger charge is 2.42. The molecule has 2 atom stereocenters.